The van der Waals surface area contributed by atoms with E-state index in [9.17, 15) is 4.79 Å². The highest BCUT2D eigenvalue weighted by atomic mass is 16.5. The van der Waals surface area contributed by atoms with Crippen LogP contribution >= 0.6 is 0 Å². The molecule has 3 N–H and O–H groups in total. The van der Waals surface area contributed by atoms with Crippen LogP contribution in [0.15, 0.2) is 24.3 Å². The number of fused-ring (bicyclic) bond motifs is 1. The molecule has 0 atom stereocenters. The largest absolute Gasteiger partial charge is 0.493 e. The Morgan fingerprint density at radius 2 is 2.28 bits per heavy atom. The van der Waals surface area contributed by atoms with Crippen molar-refractivity contribution in [2.75, 3.05) is 26.9 Å². The first-order valence-corrected chi connectivity index (χ1v) is 8.53. The Morgan fingerprint density at radius 1 is 1.36 bits per heavy atom. The van der Waals surface area contributed by atoms with Crippen molar-refractivity contribution in [2.45, 2.75) is 25.9 Å². The Labute approximate surface area is 147 Å². The summed E-state index contributed by atoms with van der Waals surface area (Å²) in [5, 5.41) is 13.3. The van der Waals surface area contributed by atoms with Gasteiger partial charge in [-0.25, -0.2) is 0 Å². The van der Waals surface area contributed by atoms with Crippen LogP contribution in [0.2, 0.25) is 0 Å². The third-order valence-electron chi connectivity index (χ3n) is 4.13. The lowest BCUT2D eigenvalue weighted by Gasteiger charge is -2.13. The summed E-state index contributed by atoms with van der Waals surface area (Å²) in [6, 6.07) is 7.74. The molecule has 0 saturated carbocycles. The summed E-state index contributed by atoms with van der Waals surface area (Å²) in [5.74, 6) is 0.636. The van der Waals surface area contributed by atoms with Crippen LogP contribution in [0.4, 0.5) is 0 Å². The van der Waals surface area contributed by atoms with Gasteiger partial charge in [0.15, 0.2) is 5.69 Å². The van der Waals surface area contributed by atoms with Gasteiger partial charge in [-0.2, -0.15) is 5.10 Å². The molecule has 1 amide bonds. The van der Waals surface area contributed by atoms with Crippen molar-refractivity contribution in [1.82, 2.24) is 20.8 Å². The van der Waals surface area contributed by atoms with E-state index in [0.29, 0.717) is 32.0 Å². The van der Waals surface area contributed by atoms with Crippen molar-refractivity contribution in [2.24, 2.45) is 0 Å². The quantitative estimate of drug-likeness (QED) is 0.630. The molecule has 134 valence electrons. The summed E-state index contributed by atoms with van der Waals surface area (Å²) < 4.78 is 10.7. The fraction of sp³-hybridized carbons (Fsp3) is 0.444. The topological polar surface area (TPSA) is 88.3 Å². The molecule has 1 aromatic carbocycles. The predicted octanol–water partition coefficient (Wildman–Crippen LogP) is 1.40. The lowest BCUT2D eigenvalue weighted by atomic mass is 10.1. The molecule has 1 aliphatic rings. The van der Waals surface area contributed by atoms with Gasteiger partial charge in [-0.05, 0) is 17.7 Å². The molecule has 0 saturated heterocycles. The van der Waals surface area contributed by atoms with E-state index >= 15 is 0 Å². The van der Waals surface area contributed by atoms with Gasteiger partial charge in [-0.15, -0.1) is 0 Å². The maximum absolute atomic E-state index is 12.4. The summed E-state index contributed by atoms with van der Waals surface area (Å²) >= 11 is 0. The van der Waals surface area contributed by atoms with Crippen LogP contribution in [-0.4, -0.2) is 43.0 Å². The number of carbonyl (C=O) groups is 1. The van der Waals surface area contributed by atoms with Gasteiger partial charge in [0.05, 0.1) is 6.61 Å². The van der Waals surface area contributed by atoms with Gasteiger partial charge in [0, 0.05) is 57.4 Å². The number of amides is 1. The number of aromatic nitrogens is 2. The van der Waals surface area contributed by atoms with Crippen molar-refractivity contribution >= 4 is 5.91 Å². The lowest BCUT2D eigenvalue weighted by Crippen LogP contribution is -2.28. The highest BCUT2D eigenvalue weighted by Gasteiger charge is 2.21. The van der Waals surface area contributed by atoms with E-state index < -0.39 is 0 Å². The maximum Gasteiger partial charge on any atom is 0.272 e. The first-order chi connectivity index (χ1) is 12.3. The van der Waals surface area contributed by atoms with Gasteiger partial charge in [-0.3, -0.25) is 9.89 Å². The summed E-state index contributed by atoms with van der Waals surface area (Å²) in [4.78, 5) is 12.4. The number of hydrogen-bond donors (Lipinski definition) is 3. The third-order valence-corrected chi connectivity index (χ3v) is 4.13. The minimum absolute atomic E-state index is 0.160. The number of rotatable bonds is 8. The van der Waals surface area contributed by atoms with E-state index in [-0.39, 0.29) is 5.91 Å². The Hall–Kier alpha value is -2.38. The molecule has 1 aromatic heterocycles. The van der Waals surface area contributed by atoms with Crippen molar-refractivity contribution in [3.05, 3.63) is 46.8 Å². The number of nitrogens with one attached hydrogen (secondary N) is 3. The molecule has 2 aromatic rings. The standard InChI is InChI=1S/C18H24N4O3/c1-24-8-3-9-25-14-5-2-4-13(10-14)11-20-18(23)17-15-12-19-7-6-16(15)21-22-17/h2,4-5,10,19H,3,6-9,11-12H2,1H3,(H,20,23)(H,21,22). The Bertz CT molecular complexity index is 714. The monoisotopic (exact) mass is 344 g/mol. The van der Waals surface area contributed by atoms with E-state index in [1.54, 1.807) is 7.11 Å². The van der Waals surface area contributed by atoms with Crippen LogP contribution in [0, 0.1) is 0 Å². The van der Waals surface area contributed by atoms with Crippen LogP contribution in [0.3, 0.4) is 0 Å². The van der Waals surface area contributed by atoms with E-state index in [4.69, 9.17) is 9.47 Å². The molecule has 0 bridgehead atoms. The average molecular weight is 344 g/mol. The van der Waals surface area contributed by atoms with E-state index in [1.165, 1.54) is 0 Å². The van der Waals surface area contributed by atoms with Gasteiger partial charge in [0.25, 0.3) is 5.91 Å². The highest BCUT2D eigenvalue weighted by molar-refractivity contribution is 5.94. The first kappa shape index (κ1) is 17.4. The lowest BCUT2D eigenvalue weighted by molar-refractivity contribution is 0.0944. The van der Waals surface area contributed by atoms with Crippen molar-refractivity contribution < 1.29 is 14.3 Å². The maximum atomic E-state index is 12.4. The second-order valence-corrected chi connectivity index (χ2v) is 5.98. The highest BCUT2D eigenvalue weighted by Crippen LogP contribution is 2.16. The van der Waals surface area contributed by atoms with Gasteiger partial charge in [0.1, 0.15) is 5.75 Å². The molecule has 0 aliphatic carbocycles. The molecular formula is C18H24N4O3. The number of benzene rings is 1. The predicted molar refractivity (Wildman–Crippen MR) is 93.6 cm³/mol. The Morgan fingerprint density at radius 3 is 3.16 bits per heavy atom. The number of carbonyl (C=O) groups excluding carboxylic acids is 1. The normalized spacial score (nSPS) is 13.3. The zero-order valence-corrected chi connectivity index (χ0v) is 14.4. The second kappa shape index (κ2) is 8.64. The molecule has 0 spiro atoms. The minimum Gasteiger partial charge on any atom is -0.493 e. The minimum atomic E-state index is -0.160. The molecule has 0 fully saturated rings. The number of aromatic amines is 1. The van der Waals surface area contributed by atoms with E-state index in [1.807, 2.05) is 24.3 Å². The average Bonchev–Trinajstić information content (AvgIpc) is 3.08. The molecule has 3 rings (SSSR count). The number of nitrogens with zero attached hydrogens (tertiary/aromatic N) is 1. The summed E-state index contributed by atoms with van der Waals surface area (Å²) in [7, 11) is 1.68. The molecule has 2 heterocycles. The van der Waals surface area contributed by atoms with Gasteiger partial charge in [0.2, 0.25) is 0 Å². The SMILES string of the molecule is COCCCOc1cccc(CNC(=O)c2n[nH]c3c2CNCC3)c1. The van der Waals surface area contributed by atoms with Crippen LogP contribution in [0.25, 0.3) is 0 Å². The molecule has 0 radical (unpaired) electrons. The summed E-state index contributed by atoms with van der Waals surface area (Å²) in [6.07, 6.45) is 1.72. The fourth-order valence-electron chi connectivity index (χ4n) is 2.82. The molecule has 7 heteroatoms. The zero-order valence-electron chi connectivity index (χ0n) is 14.4. The van der Waals surface area contributed by atoms with Gasteiger partial charge < -0.3 is 20.1 Å². The second-order valence-electron chi connectivity index (χ2n) is 5.98. The number of hydrogen-bond acceptors (Lipinski definition) is 5. The van der Waals surface area contributed by atoms with E-state index in [2.05, 4.69) is 20.8 Å². The molecule has 0 unspecified atom stereocenters. The molecule has 25 heavy (non-hydrogen) atoms. The van der Waals surface area contributed by atoms with Crippen molar-refractivity contribution in [1.29, 1.82) is 0 Å². The Kier molecular flexibility index (Phi) is 6.03. The third kappa shape index (κ3) is 4.58. The van der Waals surface area contributed by atoms with Crippen LogP contribution < -0.4 is 15.4 Å². The smallest absolute Gasteiger partial charge is 0.272 e. The zero-order chi connectivity index (χ0) is 17.5. The van der Waals surface area contributed by atoms with Gasteiger partial charge >= 0.3 is 0 Å². The molecular weight excluding hydrogens is 320 g/mol. The number of ether oxygens (including phenoxy) is 2. The molecule has 7 nitrogen and oxygen atoms in total. The number of methoxy groups -OCH3 is 1. The van der Waals surface area contributed by atoms with Crippen molar-refractivity contribution in [3.8, 4) is 5.75 Å². The first-order valence-electron chi connectivity index (χ1n) is 8.53. The van der Waals surface area contributed by atoms with Crippen molar-refractivity contribution in [3.63, 3.8) is 0 Å². The Balaban J connectivity index is 1.54. The number of H-pyrrole nitrogens is 1. The van der Waals surface area contributed by atoms with Gasteiger partial charge in [-0.1, -0.05) is 12.1 Å². The van der Waals surface area contributed by atoms with E-state index in [0.717, 1.165) is 42.0 Å². The van der Waals surface area contributed by atoms with Crippen LogP contribution in [0.1, 0.15) is 33.7 Å². The summed E-state index contributed by atoms with van der Waals surface area (Å²) in [5.41, 5.74) is 3.49. The summed E-state index contributed by atoms with van der Waals surface area (Å²) in [6.45, 7) is 3.31. The van der Waals surface area contributed by atoms with Crippen LogP contribution in [-0.2, 0) is 24.2 Å². The van der Waals surface area contributed by atoms with Crippen LogP contribution in [0.5, 0.6) is 5.75 Å². The molecule has 1 aliphatic heterocycles. The fourth-order valence-corrected chi connectivity index (χ4v) is 2.82.